The van der Waals surface area contributed by atoms with E-state index in [4.69, 9.17) is 4.42 Å². The van der Waals surface area contributed by atoms with Crippen LogP contribution in [0.5, 0.6) is 0 Å². The number of hydrogen-bond donors (Lipinski definition) is 0. The van der Waals surface area contributed by atoms with Crippen LogP contribution >= 0.6 is 22.6 Å². The molecule has 0 radical (unpaired) electrons. The van der Waals surface area contributed by atoms with E-state index in [1.807, 2.05) is 22.6 Å². The van der Waals surface area contributed by atoms with Crippen molar-refractivity contribution in [3.8, 4) is 5.69 Å². The molecule has 1 saturated carbocycles. The molecule has 29 heavy (non-hydrogen) atoms. The highest BCUT2D eigenvalue weighted by molar-refractivity contribution is 14.1. The normalized spacial score (nSPS) is 14.9. The van der Waals surface area contributed by atoms with Crippen molar-refractivity contribution < 1.29 is 26.0 Å². The topological polar surface area (TPSA) is 74.2 Å². The van der Waals surface area contributed by atoms with Crippen LogP contribution < -0.4 is 5.69 Å². The number of halogens is 4. The molecule has 6 nitrogen and oxygen atoms in total. The van der Waals surface area contributed by atoms with Crippen molar-refractivity contribution in [2.75, 3.05) is 0 Å². The maximum absolute atomic E-state index is 15.1. The minimum absolute atomic E-state index is 0.301. The first-order valence-corrected chi connectivity index (χ1v) is 11.0. The molecule has 0 saturated heterocycles. The lowest BCUT2D eigenvalue weighted by molar-refractivity contribution is 0.520. The van der Waals surface area contributed by atoms with Gasteiger partial charge in [-0.25, -0.2) is 26.4 Å². The number of benzene rings is 2. The fraction of sp³-hybridized carbons (Fsp3) is 0.167. The van der Waals surface area contributed by atoms with Crippen LogP contribution in [0.1, 0.15) is 12.8 Å². The van der Waals surface area contributed by atoms with Crippen molar-refractivity contribution in [3.05, 3.63) is 62.0 Å². The highest BCUT2D eigenvalue weighted by Gasteiger charge is 2.41. The molecular formula is C18H10F3IN2O4S. The van der Waals surface area contributed by atoms with Gasteiger partial charge in [-0.15, -0.1) is 0 Å². The third kappa shape index (κ3) is 2.52. The van der Waals surface area contributed by atoms with Crippen LogP contribution in [-0.2, 0) is 10.0 Å². The van der Waals surface area contributed by atoms with Gasteiger partial charge in [-0.2, -0.15) is 3.97 Å². The molecule has 1 aliphatic carbocycles. The third-order valence-corrected chi connectivity index (χ3v) is 7.72. The largest absolute Gasteiger partial charge is 0.462 e. The highest BCUT2D eigenvalue weighted by atomic mass is 127. The number of nitrogens with zero attached hydrogens (tertiary/aromatic N) is 2. The van der Waals surface area contributed by atoms with Crippen molar-refractivity contribution in [3.63, 3.8) is 0 Å². The molecule has 2 heterocycles. The Labute approximate surface area is 174 Å². The van der Waals surface area contributed by atoms with E-state index in [0.29, 0.717) is 25.0 Å². The van der Waals surface area contributed by atoms with Crippen LogP contribution in [0.2, 0.25) is 0 Å². The molecule has 0 amide bonds. The van der Waals surface area contributed by atoms with Crippen LogP contribution in [0.3, 0.4) is 0 Å². The second-order valence-corrected chi connectivity index (χ2v) is 10.0. The third-order valence-electron chi connectivity index (χ3n) is 4.88. The molecular weight excluding hydrogens is 524 g/mol. The molecule has 150 valence electrons. The second kappa shape index (κ2) is 6.11. The zero-order valence-electron chi connectivity index (χ0n) is 14.3. The Balaban J connectivity index is 2.06. The van der Waals surface area contributed by atoms with Crippen molar-refractivity contribution in [2.45, 2.75) is 18.1 Å². The van der Waals surface area contributed by atoms with Gasteiger partial charge in [0.05, 0.1) is 22.6 Å². The van der Waals surface area contributed by atoms with E-state index in [2.05, 4.69) is 0 Å². The molecule has 2 aromatic heterocycles. The number of imidazole rings is 1. The maximum Gasteiger partial charge on any atom is 0.348 e. The summed E-state index contributed by atoms with van der Waals surface area (Å²) in [6, 6.07) is 4.90. The Morgan fingerprint density at radius 1 is 1.07 bits per heavy atom. The van der Waals surface area contributed by atoms with E-state index >= 15 is 4.39 Å². The average molecular weight is 534 g/mol. The number of aromatic nitrogens is 2. The van der Waals surface area contributed by atoms with Crippen LogP contribution in [0, 0.1) is 21.0 Å². The van der Waals surface area contributed by atoms with Crippen LogP contribution in [0.15, 0.2) is 39.7 Å². The molecule has 11 heteroatoms. The molecule has 2 aromatic carbocycles. The van der Waals surface area contributed by atoms with Crippen molar-refractivity contribution in [1.82, 2.24) is 8.54 Å². The summed E-state index contributed by atoms with van der Waals surface area (Å²) in [6.07, 6.45) is 1.74. The Kier molecular flexibility index (Phi) is 3.95. The quantitative estimate of drug-likeness (QED) is 0.374. The van der Waals surface area contributed by atoms with E-state index < -0.39 is 55.1 Å². The fourth-order valence-corrected chi connectivity index (χ4v) is 5.62. The van der Waals surface area contributed by atoms with E-state index in [-0.39, 0.29) is 11.0 Å². The molecule has 1 aliphatic rings. The summed E-state index contributed by atoms with van der Waals surface area (Å²) in [5.74, 6) is -3.67. The average Bonchev–Trinajstić information content (AvgIpc) is 3.33. The van der Waals surface area contributed by atoms with E-state index in [1.54, 1.807) is 0 Å². The summed E-state index contributed by atoms with van der Waals surface area (Å²) in [5.41, 5.74) is -3.05. The molecule has 0 unspecified atom stereocenters. The summed E-state index contributed by atoms with van der Waals surface area (Å²) in [7, 11) is -4.22. The highest BCUT2D eigenvalue weighted by Crippen LogP contribution is 2.37. The predicted octanol–water partition coefficient (Wildman–Crippen LogP) is 3.90. The standard InChI is InChI=1S/C18H10F3IN2O4S/c19-11-7-8(22)1-4-12(11)23-15-14(21)13(20)10-5-6-28-17(10)16(15)24(18(23)25)29(26,27)9-2-3-9/h1,4-7,9H,2-3H2. The Hall–Kier alpha value is -2.28. The number of rotatable bonds is 3. The Bertz CT molecular complexity index is 1500. The van der Waals surface area contributed by atoms with Gasteiger partial charge in [-0.05, 0) is 59.7 Å². The van der Waals surface area contributed by atoms with E-state index in [0.717, 1.165) is 18.4 Å². The van der Waals surface area contributed by atoms with Gasteiger partial charge in [0, 0.05) is 3.57 Å². The minimum Gasteiger partial charge on any atom is -0.462 e. The number of fused-ring (bicyclic) bond motifs is 3. The monoisotopic (exact) mass is 534 g/mol. The molecule has 0 spiro atoms. The number of furan rings is 1. The van der Waals surface area contributed by atoms with Gasteiger partial charge < -0.3 is 4.42 Å². The second-order valence-electron chi connectivity index (χ2n) is 6.71. The van der Waals surface area contributed by atoms with Crippen molar-refractivity contribution in [1.29, 1.82) is 0 Å². The summed E-state index contributed by atoms with van der Waals surface area (Å²) < 4.78 is 76.9. The van der Waals surface area contributed by atoms with E-state index in [9.17, 15) is 22.0 Å². The minimum atomic E-state index is -4.22. The molecule has 0 bridgehead atoms. The van der Waals surface area contributed by atoms with Crippen molar-refractivity contribution >= 4 is 54.6 Å². The first-order chi connectivity index (χ1) is 13.7. The van der Waals surface area contributed by atoms with Gasteiger partial charge in [0.1, 0.15) is 16.9 Å². The molecule has 0 aliphatic heterocycles. The van der Waals surface area contributed by atoms with Crippen LogP contribution in [0.25, 0.3) is 27.7 Å². The zero-order chi connectivity index (χ0) is 20.7. The first kappa shape index (κ1) is 18.7. The SMILES string of the molecule is O=c1n(-c2ccc(I)cc2F)c2c(F)c(F)c3ccoc3c2n1S(=O)(=O)C1CC1. The van der Waals surface area contributed by atoms with Gasteiger partial charge in [-0.1, -0.05) is 0 Å². The summed E-state index contributed by atoms with van der Waals surface area (Å²) in [4.78, 5) is 13.2. The lowest BCUT2D eigenvalue weighted by atomic mass is 10.2. The maximum atomic E-state index is 15.1. The molecule has 0 N–H and O–H groups in total. The smallest absolute Gasteiger partial charge is 0.348 e. The van der Waals surface area contributed by atoms with Gasteiger partial charge in [0.2, 0.25) is 10.0 Å². The van der Waals surface area contributed by atoms with Gasteiger partial charge in [0.25, 0.3) is 0 Å². The zero-order valence-corrected chi connectivity index (χ0v) is 17.3. The lowest BCUT2D eigenvalue weighted by Crippen LogP contribution is -2.31. The molecule has 1 fully saturated rings. The lowest BCUT2D eigenvalue weighted by Gasteiger charge is -2.06. The summed E-state index contributed by atoms with van der Waals surface area (Å²) >= 11 is 1.85. The summed E-state index contributed by atoms with van der Waals surface area (Å²) in [5, 5.41) is -1.13. The molecule has 0 atom stereocenters. The fourth-order valence-electron chi connectivity index (χ4n) is 3.41. The summed E-state index contributed by atoms with van der Waals surface area (Å²) in [6.45, 7) is 0. The Morgan fingerprint density at radius 2 is 1.79 bits per heavy atom. The van der Waals surface area contributed by atoms with Crippen LogP contribution in [0.4, 0.5) is 13.2 Å². The molecule has 5 rings (SSSR count). The van der Waals surface area contributed by atoms with Gasteiger partial charge >= 0.3 is 5.69 Å². The van der Waals surface area contributed by atoms with Crippen molar-refractivity contribution in [2.24, 2.45) is 0 Å². The predicted molar refractivity (Wildman–Crippen MR) is 107 cm³/mol. The number of hydrogen-bond acceptors (Lipinski definition) is 4. The first-order valence-electron chi connectivity index (χ1n) is 8.45. The Morgan fingerprint density at radius 3 is 2.45 bits per heavy atom. The van der Waals surface area contributed by atoms with E-state index in [1.165, 1.54) is 12.1 Å². The van der Waals surface area contributed by atoms with Gasteiger partial charge in [-0.3, -0.25) is 4.57 Å². The van der Waals surface area contributed by atoms with Gasteiger partial charge in [0.15, 0.2) is 17.2 Å². The molecule has 4 aromatic rings. The van der Waals surface area contributed by atoms with Crippen LogP contribution in [-0.4, -0.2) is 22.2 Å².